The Kier molecular flexibility index (Phi) is 6.02. The molecule has 0 fully saturated rings. The smallest absolute Gasteiger partial charge is 0.238 e. The van der Waals surface area contributed by atoms with Crippen molar-refractivity contribution >= 4 is 10.0 Å². The highest BCUT2D eigenvalue weighted by atomic mass is 32.2. The lowest BCUT2D eigenvalue weighted by atomic mass is 9.98. The van der Waals surface area contributed by atoms with E-state index < -0.39 is 10.0 Å². The molecule has 5 heteroatoms. The molecule has 0 radical (unpaired) electrons. The Morgan fingerprint density at radius 1 is 1.25 bits per heavy atom. The fourth-order valence-electron chi connectivity index (χ4n) is 1.84. The lowest BCUT2D eigenvalue weighted by Crippen LogP contribution is -2.13. The number of ether oxygens (including phenoxy) is 1. The normalized spacial score (nSPS) is 13.5. The largest absolute Gasteiger partial charge is 0.493 e. The van der Waals surface area contributed by atoms with Gasteiger partial charge in [0.25, 0.3) is 0 Å². The maximum absolute atomic E-state index is 11.4. The number of hydrogen-bond donors (Lipinski definition) is 1. The molecule has 0 saturated carbocycles. The van der Waals surface area contributed by atoms with Crippen LogP contribution in [0.5, 0.6) is 5.75 Å². The van der Waals surface area contributed by atoms with Crippen molar-refractivity contribution in [3.63, 3.8) is 0 Å². The summed E-state index contributed by atoms with van der Waals surface area (Å²) in [5.41, 5.74) is 0.905. The Morgan fingerprint density at radius 3 is 2.40 bits per heavy atom. The lowest BCUT2D eigenvalue weighted by molar-refractivity contribution is 0.285. The molecule has 0 heterocycles. The zero-order chi connectivity index (χ0) is 15.3. The first kappa shape index (κ1) is 17.0. The number of benzene rings is 1. The zero-order valence-corrected chi connectivity index (χ0v) is 13.5. The highest BCUT2D eigenvalue weighted by Crippen LogP contribution is 2.31. The van der Waals surface area contributed by atoms with Crippen LogP contribution in [-0.4, -0.2) is 15.0 Å². The molecule has 1 rings (SSSR count). The molecule has 4 nitrogen and oxygen atoms in total. The van der Waals surface area contributed by atoms with Crippen LogP contribution in [-0.2, 0) is 10.0 Å². The number of primary sulfonamides is 1. The minimum Gasteiger partial charge on any atom is -0.493 e. The lowest BCUT2D eigenvalue weighted by Gasteiger charge is -2.17. The van der Waals surface area contributed by atoms with Gasteiger partial charge in [0.15, 0.2) is 0 Å². The van der Waals surface area contributed by atoms with Crippen molar-refractivity contribution in [3.8, 4) is 5.75 Å². The van der Waals surface area contributed by atoms with Gasteiger partial charge in [-0.2, -0.15) is 0 Å². The average molecular weight is 299 g/mol. The summed E-state index contributed by atoms with van der Waals surface area (Å²) in [5.74, 6) is 1.56. The van der Waals surface area contributed by atoms with Crippen molar-refractivity contribution in [2.75, 3.05) is 6.61 Å². The van der Waals surface area contributed by atoms with Gasteiger partial charge in [0.05, 0.1) is 11.5 Å². The first-order valence-corrected chi connectivity index (χ1v) is 8.59. The maximum atomic E-state index is 11.4. The highest BCUT2D eigenvalue weighted by molar-refractivity contribution is 7.89. The third-order valence-corrected chi connectivity index (χ3v) is 4.32. The van der Waals surface area contributed by atoms with Crippen LogP contribution in [0.25, 0.3) is 0 Å². The minimum atomic E-state index is -3.67. The molecule has 1 aromatic carbocycles. The molecule has 0 aliphatic rings. The van der Waals surface area contributed by atoms with Crippen LogP contribution in [0.4, 0.5) is 0 Å². The minimum absolute atomic E-state index is 0.143. The average Bonchev–Trinajstić information content (AvgIpc) is 2.36. The standard InChI is InChI=1S/C15H25NO3S/c1-5-12(4)14-10-13(20(16,17)18)6-7-15(14)19-9-8-11(2)3/h6-7,10-12H,5,8-9H2,1-4H3,(H2,16,17,18). The molecule has 1 aromatic rings. The van der Waals surface area contributed by atoms with Crippen LogP contribution in [0.1, 0.15) is 52.0 Å². The van der Waals surface area contributed by atoms with E-state index in [9.17, 15) is 8.42 Å². The molecule has 0 aromatic heterocycles. The van der Waals surface area contributed by atoms with Gasteiger partial charge in [0.2, 0.25) is 10.0 Å². The monoisotopic (exact) mass is 299 g/mol. The molecule has 0 aliphatic carbocycles. The summed E-state index contributed by atoms with van der Waals surface area (Å²) in [7, 11) is -3.67. The summed E-state index contributed by atoms with van der Waals surface area (Å²) in [5, 5.41) is 5.19. The van der Waals surface area contributed by atoms with Gasteiger partial charge in [-0.15, -0.1) is 0 Å². The predicted octanol–water partition coefficient (Wildman–Crippen LogP) is 3.27. The summed E-state index contributed by atoms with van der Waals surface area (Å²) in [6.45, 7) is 9.03. The van der Waals surface area contributed by atoms with Gasteiger partial charge in [-0.05, 0) is 48.4 Å². The first-order chi connectivity index (χ1) is 9.25. The van der Waals surface area contributed by atoms with Crippen molar-refractivity contribution in [2.24, 2.45) is 11.1 Å². The van der Waals surface area contributed by atoms with Crippen molar-refractivity contribution in [1.82, 2.24) is 0 Å². The molecule has 20 heavy (non-hydrogen) atoms. The van der Waals surface area contributed by atoms with Gasteiger partial charge < -0.3 is 4.74 Å². The number of rotatable bonds is 7. The van der Waals surface area contributed by atoms with E-state index in [-0.39, 0.29) is 10.8 Å². The zero-order valence-electron chi connectivity index (χ0n) is 12.7. The third-order valence-electron chi connectivity index (χ3n) is 3.41. The molecule has 2 N–H and O–H groups in total. The van der Waals surface area contributed by atoms with Gasteiger partial charge in [0.1, 0.15) is 5.75 Å². The van der Waals surface area contributed by atoms with Crippen LogP contribution in [0.3, 0.4) is 0 Å². The second-order valence-corrected chi connectivity index (χ2v) is 7.15. The Bertz CT molecular complexity index is 538. The second-order valence-electron chi connectivity index (χ2n) is 5.58. The van der Waals surface area contributed by atoms with Gasteiger partial charge in [-0.25, -0.2) is 13.6 Å². The van der Waals surface area contributed by atoms with E-state index in [0.29, 0.717) is 12.5 Å². The molecule has 1 unspecified atom stereocenters. The Labute approximate surface area is 122 Å². The Morgan fingerprint density at radius 2 is 1.90 bits per heavy atom. The van der Waals surface area contributed by atoms with Crippen molar-refractivity contribution in [1.29, 1.82) is 0 Å². The number of nitrogens with two attached hydrogens (primary N) is 1. The Hall–Kier alpha value is -1.07. The van der Waals surface area contributed by atoms with E-state index in [4.69, 9.17) is 9.88 Å². The van der Waals surface area contributed by atoms with Crippen LogP contribution < -0.4 is 9.88 Å². The van der Waals surface area contributed by atoms with Crippen molar-refractivity contribution < 1.29 is 13.2 Å². The van der Waals surface area contributed by atoms with Gasteiger partial charge >= 0.3 is 0 Å². The molecule has 1 atom stereocenters. The highest BCUT2D eigenvalue weighted by Gasteiger charge is 2.16. The fraction of sp³-hybridized carbons (Fsp3) is 0.600. The summed E-state index contributed by atoms with van der Waals surface area (Å²) < 4.78 is 28.7. The van der Waals surface area contributed by atoms with Crippen molar-refractivity contribution in [2.45, 2.75) is 51.3 Å². The predicted molar refractivity (Wildman–Crippen MR) is 81.5 cm³/mol. The van der Waals surface area contributed by atoms with Gasteiger partial charge in [-0.1, -0.05) is 27.7 Å². The molecule has 0 saturated heterocycles. The third kappa shape index (κ3) is 4.80. The first-order valence-electron chi connectivity index (χ1n) is 7.05. The summed E-state index contributed by atoms with van der Waals surface area (Å²) in [4.78, 5) is 0.143. The number of hydrogen-bond acceptors (Lipinski definition) is 3. The molecule has 0 spiro atoms. The SMILES string of the molecule is CCC(C)c1cc(S(N)(=O)=O)ccc1OCCC(C)C. The van der Waals surface area contributed by atoms with Gasteiger partial charge in [0, 0.05) is 0 Å². The molecule has 0 aliphatic heterocycles. The van der Waals surface area contributed by atoms with E-state index in [1.165, 1.54) is 6.07 Å². The van der Waals surface area contributed by atoms with Gasteiger partial charge in [-0.3, -0.25) is 0 Å². The summed E-state index contributed by atoms with van der Waals surface area (Å²) in [6.07, 6.45) is 1.88. The quantitative estimate of drug-likeness (QED) is 0.840. The fourth-order valence-corrected chi connectivity index (χ4v) is 2.39. The van der Waals surface area contributed by atoms with Crippen LogP contribution in [0.2, 0.25) is 0 Å². The van der Waals surface area contributed by atoms with Crippen LogP contribution in [0.15, 0.2) is 23.1 Å². The van der Waals surface area contributed by atoms with E-state index in [1.807, 2.05) is 0 Å². The molecular formula is C15H25NO3S. The molecule has 0 amide bonds. The van der Waals surface area contributed by atoms with E-state index in [0.717, 1.165) is 24.2 Å². The molecular weight excluding hydrogens is 274 g/mol. The number of sulfonamides is 1. The summed E-state index contributed by atoms with van der Waals surface area (Å²) in [6, 6.07) is 4.85. The molecule has 114 valence electrons. The molecule has 0 bridgehead atoms. The van der Waals surface area contributed by atoms with E-state index in [1.54, 1.807) is 12.1 Å². The maximum Gasteiger partial charge on any atom is 0.238 e. The van der Waals surface area contributed by atoms with Crippen LogP contribution in [0, 0.1) is 5.92 Å². The topological polar surface area (TPSA) is 69.4 Å². The Balaban J connectivity index is 3.04. The van der Waals surface area contributed by atoms with E-state index in [2.05, 4.69) is 27.7 Å². The van der Waals surface area contributed by atoms with E-state index >= 15 is 0 Å². The second kappa shape index (κ2) is 7.09. The van der Waals surface area contributed by atoms with Crippen LogP contribution >= 0.6 is 0 Å². The van der Waals surface area contributed by atoms with Crippen molar-refractivity contribution in [3.05, 3.63) is 23.8 Å². The summed E-state index contributed by atoms with van der Waals surface area (Å²) >= 11 is 0.